The molecule has 8 heteroatoms. The highest BCUT2D eigenvalue weighted by molar-refractivity contribution is 7.16. The van der Waals surface area contributed by atoms with Crippen molar-refractivity contribution in [3.8, 4) is 11.5 Å². The van der Waals surface area contributed by atoms with E-state index < -0.39 is 6.17 Å². The maximum atomic E-state index is 12.7. The number of phenols is 1. The number of fused-ring (bicyclic) bond motifs is 3. The van der Waals surface area contributed by atoms with Crippen LogP contribution >= 0.6 is 22.9 Å². The van der Waals surface area contributed by atoms with E-state index in [1.807, 2.05) is 0 Å². The Morgan fingerprint density at radius 1 is 1.40 bits per heavy atom. The van der Waals surface area contributed by atoms with Gasteiger partial charge in [0, 0.05) is 34.6 Å². The largest absolute Gasteiger partial charge is 0.504 e. The summed E-state index contributed by atoms with van der Waals surface area (Å²) in [4.78, 5) is 16.2. The molecule has 0 saturated carbocycles. The minimum absolute atomic E-state index is 0.0331. The first kappa shape index (κ1) is 16.5. The molecule has 25 heavy (non-hydrogen) atoms. The van der Waals surface area contributed by atoms with Crippen LogP contribution in [-0.2, 0) is 13.0 Å². The van der Waals surface area contributed by atoms with E-state index in [1.54, 1.807) is 17.4 Å². The number of hydrogen-bond acceptors (Lipinski definition) is 6. The molecule has 2 aliphatic rings. The summed E-state index contributed by atoms with van der Waals surface area (Å²) >= 11 is 7.72. The van der Waals surface area contributed by atoms with Crippen LogP contribution in [0.1, 0.15) is 32.5 Å². The quantitative estimate of drug-likeness (QED) is 0.748. The predicted molar refractivity (Wildman–Crippen MR) is 97.9 cm³/mol. The number of methoxy groups -OCH3 is 1. The molecule has 0 aliphatic carbocycles. The number of carbonyl (C=O) groups excluding carboxylic acids is 1. The van der Waals surface area contributed by atoms with Crippen LogP contribution in [0.5, 0.6) is 11.5 Å². The van der Waals surface area contributed by atoms with Crippen molar-refractivity contribution in [1.82, 2.24) is 10.2 Å². The molecule has 1 aromatic carbocycles. The van der Waals surface area contributed by atoms with E-state index >= 15 is 0 Å². The normalized spacial score (nSPS) is 19.6. The molecule has 3 N–H and O–H groups in total. The third-order valence-corrected chi connectivity index (χ3v) is 5.99. The molecular weight excluding hydrogens is 362 g/mol. The maximum Gasteiger partial charge on any atom is 0.256 e. The summed E-state index contributed by atoms with van der Waals surface area (Å²) in [5.74, 6) is 0.116. The Labute approximate surface area is 154 Å². The van der Waals surface area contributed by atoms with E-state index in [2.05, 4.69) is 22.6 Å². The number of phenolic OH excluding ortho intramolecular Hbond substituents is 1. The van der Waals surface area contributed by atoms with E-state index in [1.165, 1.54) is 18.1 Å². The summed E-state index contributed by atoms with van der Waals surface area (Å²) in [5, 5.41) is 17.9. The predicted octanol–water partition coefficient (Wildman–Crippen LogP) is 2.96. The third kappa shape index (κ3) is 2.72. The Bertz CT molecular complexity index is 867. The number of likely N-dealkylation sites (N-methyl/N-ethyl adjacent to an activating group) is 1. The number of anilines is 1. The molecule has 6 nitrogen and oxygen atoms in total. The van der Waals surface area contributed by atoms with Crippen LogP contribution in [0.2, 0.25) is 5.02 Å². The molecule has 1 aromatic heterocycles. The number of nitrogens with one attached hydrogen (secondary N) is 2. The number of halogens is 1. The number of thiophene rings is 1. The molecule has 0 fully saturated rings. The summed E-state index contributed by atoms with van der Waals surface area (Å²) in [6.45, 7) is 1.79. The number of benzene rings is 1. The number of amides is 1. The van der Waals surface area contributed by atoms with Gasteiger partial charge in [-0.1, -0.05) is 11.6 Å². The highest BCUT2D eigenvalue weighted by Crippen LogP contribution is 2.43. The van der Waals surface area contributed by atoms with Crippen molar-refractivity contribution >= 4 is 33.8 Å². The summed E-state index contributed by atoms with van der Waals surface area (Å²) < 4.78 is 5.15. The van der Waals surface area contributed by atoms with Gasteiger partial charge >= 0.3 is 0 Å². The Balaban J connectivity index is 1.73. The molecule has 0 radical (unpaired) electrons. The Morgan fingerprint density at radius 3 is 2.96 bits per heavy atom. The van der Waals surface area contributed by atoms with Gasteiger partial charge in [0.15, 0.2) is 11.5 Å². The highest BCUT2D eigenvalue weighted by atomic mass is 35.5. The van der Waals surface area contributed by atoms with Gasteiger partial charge in [0.1, 0.15) is 11.2 Å². The lowest BCUT2D eigenvalue weighted by atomic mass is 10.0. The van der Waals surface area contributed by atoms with Gasteiger partial charge in [0.05, 0.1) is 12.7 Å². The fourth-order valence-electron chi connectivity index (χ4n) is 3.37. The summed E-state index contributed by atoms with van der Waals surface area (Å²) in [6.07, 6.45) is 0.304. The summed E-state index contributed by atoms with van der Waals surface area (Å²) in [6, 6.07) is 3.17. The zero-order valence-corrected chi connectivity index (χ0v) is 15.4. The van der Waals surface area contributed by atoms with Crippen LogP contribution in [0.25, 0.3) is 0 Å². The van der Waals surface area contributed by atoms with Gasteiger partial charge in [0.2, 0.25) is 0 Å². The van der Waals surface area contributed by atoms with Crippen LogP contribution in [0.15, 0.2) is 12.1 Å². The molecule has 1 amide bonds. The van der Waals surface area contributed by atoms with Gasteiger partial charge in [0.25, 0.3) is 5.91 Å². The van der Waals surface area contributed by atoms with Crippen LogP contribution in [-0.4, -0.2) is 36.6 Å². The third-order valence-electron chi connectivity index (χ3n) is 4.63. The molecule has 0 saturated heterocycles. The average molecular weight is 380 g/mol. The minimum atomic E-state index is -0.564. The van der Waals surface area contributed by atoms with Gasteiger partial charge in [-0.05, 0) is 25.1 Å². The Morgan fingerprint density at radius 2 is 2.20 bits per heavy atom. The second-order valence-corrected chi connectivity index (χ2v) is 7.83. The lowest BCUT2D eigenvalue weighted by molar-refractivity contribution is 0.0934. The maximum absolute atomic E-state index is 12.7. The first-order valence-corrected chi connectivity index (χ1v) is 9.14. The Hall–Kier alpha value is -1.96. The highest BCUT2D eigenvalue weighted by Gasteiger charge is 2.34. The fourth-order valence-corrected chi connectivity index (χ4v) is 4.94. The molecule has 2 aromatic rings. The SMILES string of the molecule is COc1cc(Cl)cc([C@H]2NC(=O)c3c(sc4c3CCN(C)C4)N2)c1O. The molecule has 3 heterocycles. The van der Waals surface area contributed by atoms with Crippen LogP contribution in [0, 0.1) is 0 Å². The molecule has 0 spiro atoms. The molecule has 0 unspecified atom stereocenters. The summed E-state index contributed by atoms with van der Waals surface area (Å²) in [7, 11) is 3.54. The van der Waals surface area contributed by atoms with Crippen molar-refractivity contribution in [2.24, 2.45) is 0 Å². The van der Waals surface area contributed by atoms with Gasteiger partial charge in [-0.3, -0.25) is 4.79 Å². The smallest absolute Gasteiger partial charge is 0.256 e. The van der Waals surface area contributed by atoms with Crippen molar-refractivity contribution in [3.63, 3.8) is 0 Å². The lowest BCUT2D eigenvalue weighted by Crippen LogP contribution is -2.38. The minimum Gasteiger partial charge on any atom is -0.504 e. The molecule has 132 valence electrons. The second kappa shape index (κ2) is 6.09. The summed E-state index contributed by atoms with van der Waals surface area (Å²) in [5.41, 5.74) is 2.35. The van der Waals surface area contributed by atoms with Gasteiger partial charge in [-0.25, -0.2) is 0 Å². The van der Waals surface area contributed by atoms with Crippen molar-refractivity contribution in [1.29, 1.82) is 0 Å². The van der Waals surface area contributed by atoms with Crippen LogP contribution in [0.4, 0.5) is 5.00 Å². The number of carbonyl (C=O) groups is 1. The van der Waals surface area contributed by atoms with E-state index in [0.29, 0.717) is 10.6 Å². The lowest BCUT2D eigenvalue weighted by Gasteiger charge is -2.28. The molecule has 1 atom stereocenters. The van der Waals surface area contributed by atoms with Gasteiger partial charge in [-0.2, -0.15) is 0 Å². The van der Waals surface area contributed by atoms with Crippen molar-refractivity contribution < 1.29 is 14.6 Å². The van der Waals surface area contributed by atoms with Crippen molar-refractivity contribution in [3.05, 3.63) is 38.7 Å². The fraction of sp³-hybridized carbons (Fsp3) is 0.353. The van der Waals surface area contributed by atoms with Crippen LogP contribution < -0.4 is 15.4 Å². The van der Waals surface area contributed by atoms with Gasteiger partial charge < -0.3 is 25.4 Å². The Kier molecular flexibility index (Phi) is 4.02. The van der Waals surface area contributed by atoms with Gasteiger partial charge in [-0.15, -0.1) is 11.3 Å². The number of nitrogens with zero attached hydrogens (tertiary/aromatic N) is 1. The van der Waals surface area contributed by atoms with E-state index in [4.69, 9.17) is 16.3 Å². The van der Waals surface area contributed by atoms with E-state index in [9.17, 15) is 9.90 Å². The van der Waals surface area contributed by atoms with E-state index in [0.717, 1.165) is 35.6 Å². The number of ether oxygens (including phenoxy) is 1. The van der Waals surface area contributed by atoms with Crippen LogP contribution in [0.3, 0.4) is 0 Å². The molecule has 2 aliphatic heterocycles. The molecule has 4 rings (SSSR count). The number of aromatic hydroxyl groups is 1. The monoisotopic (exact) mass is 379 g/mol. The molecular formula is C17H18ClN3O3S. The second-order valence-electron chi connectivity index (χ2n) is 6.29. The first-order chi connectivity index (χ1) is 12.0. The average Bonchev–Trinajstić information content (AvgIpc) is 2.94. The zero-order chi connectivity index (χ0) is 17.7. The van der Waals surface area contributed by atoms with Crippen molar-refractivity contribution in [2.45, 2.75) is 19.1 Å². The van der Waals surface area contributed by atoms with Crippen molar-refractivity contribution in [2.75, 3.05) is 26.0 Å². The number of hydrogen-bond donors (Lipinski definition) is 3. The topological polar surface area (TPSA) is 73.8 Å². The molecule has 0 bridgehead atoms. The van der Waals surface area contributed by atoms with E-state index in [-0.39, 0.29) is 17.4 Å². The number of rotatable bonds is 2. The standard InChI is InChI=1S/C17H18ClN3O3S/c1-21-4-3-9-12(7-21)25-17-13(9)16(23)19-15(20-17)10-5-8(18)6-11(24-2)14(10)22/h5-6,15,20,22H,3-4,7H2,1-2H3,(H,19,23)/t15-/m0/s1. The zero-order valence-electron chi connectivity index (χ0n) is 13.9. The first-order valence-electron chi connectivity index (χ1n) is 7.94.